The number of carbonyl (C=O) groups excluding carboxylic acids is 2. The number of carbonyl (C=O) groups is 2. The molecule has 0 aliphatic carbocycles. The van der Waals surface area contributed by atoms with Crippen molar-refractivity contribution in [3.05, 3.63) is 47.3 Å². The Bertz CT molecular complexity index is 707. The number of amides is 2. The van der Waals surface area contributed by atoms with Crippen molar-refractivity contribution < 1.29 is 9.59 Å². The Morgan fingerprint density at radius 1 is 1.08 bits per heavy atom. The summed E-state index contributed by atoms with van der Waals surface area (Å²) in [4.78, 5) is 23.7. The molecule has 2 rings (SSSR count). The Morgan fingerprint density at radius 2 is 1.79 bits per heavy atom. The fourth-order valence-corrected chi connectivity index (χ4v) is 2.48. The molecule has 0 unspecified atom stereocenters. The first-order chi connectivity index (χ1) is 11.5. The zero-order valence-corrected chi connectivity index (χ0v) is 14.4. The van der Waals surface area contributed by atoms with Crippen LogP contribution in [-0.4, -0.2) is 34.7 Å². The Labute approximate surface area is 142 Å². The van der Waals surface area contributed by atoms with E-state index in [9.17, 15) is 9.59 Å². The molecule has 1 aromatic carbocycles. The van der Waals surface area contributed by atoms with Crippen molar-refractivity contribution in [3.63, 3.8) is 0 Å². The second kappa shape index (κ2) is 8.29. The minimum Gasteiger partial charge on any atom is -0.355 e. The van der Waals surface area contributed by atoms with E-state index in [0.717, 1.165) is 29.1 Å². The number of nitrogens with one attached hydrogen (secondary N) is 2. The molecule has 24 heavy (non-hydrogen) atoms. The number of aromatic nitrogens is 2. The van der Waals surface area contributed by atoms with Gasteiger partial charge in [0.15, 0.2) is 0 Å². The molecular weight excluding hydrogens is 304 g/mol. The van der Waals surface area contributed by atoms with Crippen LogP contribution in [0.4, 0.5) is 0 Å². The lowest BCUT2D eigenvalue weighted by molar-refractivity contribution is -0.125. The van der Waals surface area contributed by atoms with Gasteiger partial charge in [-0.05, 0) is 32.4 Å². The Morgan fingerprint density at radius 3 is 2.46 bits per heavy atom. The summed E-state index contributed by atoms with van der Waals surface area (Å²) in [5, 5.41) is 9.91. The molecule has 0 saturated carbocycles. The van der Waals surface area contributed by atoms with Gasteiger partial charge in [-0.3, -0.25) is 9.59 Å². The maximum Gasteiger partial charge on any atom is 0.239 e. The molecule has 1 heterocycles. The second-order valence-corrected chi connectivity index (χ2v) is 5.70. The van der Waals surface area contributed by atoms with Gasteiger partial charge < -0.3 is 10.6 Å². The Kier molecular flexibility index (Phi) is 6.12. The molecule has 128 valence electrons. The number of rotatable bonds is 7. The van der Waals surface area contributed by atoms with Crippen molar-refractivity contribution in [2.45, 2.75) is 33.6 Å². The summed E-state index contributed by atoms with van der Waals surface area (Å²) in [5.74, 6) is -0.348. The maximum absolute atomic E-state index is 12.1. The Balaban J connectivity index is 2.01. The van der Waals surface area contributed by atoms with E-state index in [-0.39, 0.29) is 24.8 Å². The first-order valence-corrected chi connectivity index (χ1v) is 8.16. The number of nitrogens with zero attached hydrogens (tertiary/aromatic N) is 2. The van der Waals surface area contributed by atoms with E-state index < -0.39 is 0 Å². The van der Waals surface area contributed by atoms with Crippen molar-refractivity contribution >= 4 is 11.8 Å². The van der Waals surface area contributed by atoms with Crippen LogP contribution < -0.4 is 10.6 Å². The van der Waals surface area contributed by atoms with E-state index >= 15 is 0 Å². The van der Waals surface area contributed by atoms with Gasteiger partial charge in [-0.2, -0.15) is 5.10 Å². The summed E-state index contributed by atoms with van der Waals surface area (Å²) in [6.07, 6.45) is 1.09. The quantitative estimate of drug-likeness (QED) is 0.812. The highest BCUT2D eigenvalue weighted by Crippen LogP contribution is 2.18. The average Bonchev–Trinajstić information content (AvgIpc) is 2.87. The molecule has 1 aromatic heterocycles. The lowest BCUT2D eigenvalue weighted by Gasteiger charge is -2.07. The molecule has 0 aliphatic rings. The topological polar surface area (TPSA) is 76.0 Å². The molecule has 2 amide bonds. The summed E-state index contributed by atoms with van der Waals surface area (Å²) >= 11 is 0. The molecule has 2 aromatic rings. The zero-order chi connectivity index (χ0) is 17.5. The van der Waals surface area contributed by atoms with Gasteiger partial charge in [0.05, 0.1) is 24.3 Å². The summed E-state index contributed by atoms with van der Waals surface area (Å²) in [6, 6.07) is 9.80. The van der Waals surface area contributed by atoms with Crippen LogP contribution in [0.15, 0.2) is 30.3 Å². The minimum atomic E-state index is -0.180. The molecule has 0 fully saturated rings. The first kappa shape index (κ1) is 17.7. The van der Waals surface area contributed by atoms with Gasteiger partial charge in [0.25, 0.3) is 0 Å². The van der Waals surface area contributed by atoms with Gasteiger partial charge >= 0.3 is 0 Å². The number of para-hydroxylation sites is 1. The first-order valence-electron chi connectivity index (χ1n) is 8.16. The van der Waals surface area contributed by atoms with Gasteiger partial charge in [-0.15, -0.1) is 0 Å². The molecule has 0 radical (unpaired) electrons. The number of aryl methyl sites for hydroxylation is 1. The average molecular weight is 328 g/mol. The molecule has 6 nitrogen and oxygen atoms in total. The van der Waals surface area contributed by atoms with Gasteiger partial charge in [0.2, 0.25) is 11.8 Å². The van der Waals surface area contributed by atoms with Gasteiger partial charge in [-0.25, -0.2) is 4.68 Å². The van der Waals surface area contributed by atoms with E-state index in [4.69, 9.17) is 0 Å². The van der Waals surface area contributed by atoms with Crippen LogP contribution in [0.2, 0.25) is 0 Å². The molecular formula is C18H24N4O2. The molecule has 0 atom stereocenters. The molecule has 0 aliphatic heterocycles. The highest BCUT2D eigenvalue weighted by Gasteiger charge is 2.16. The monoisotopic (exact) mass is 328 g/mol. The predicted octanol–water partition coefficient (Wildman–Crippen LogP) is 1.67. The van der Waals surface area contributed by atoms with E-state index in [1.165, 1.54) is 0 Å². The van der Waals surface area contributed by atoms with Gasteiger partial charge in [0.1, 0.15) is 0 Å². The van der Waals surface area contributed by atoms with Crippen molar-refractivity contribution in [1.29, 1.82) is 0 Å². The van der Waals surface area contributed by atoms with Crippen LogP contribution in [0.3, 0.4) is 0 Å². The highest BCUT2D eigenvalue weighted by molar-refractivity contribution is 5.85. The largest absolute Gasteiger partial charge is 0.355 e. The summed E-state index contributed by atoms with van der Waals surface area (Å²) < 4.78 is 1.84. The summed E-state index contributed by atoms with van der Waals surface area (Å²) in [6.45, 7) is 6.45. The van der Waals surface area contributed by atoms with Crippen LogP contribution in [0.25, 0.3) is 5.69 Å². The molecule has 0 spiro atoms. The third-order valence-electron chi connectivity index (χ3n) is 3.80. The van der Waals surface area contributed by atoms with Crippen LogP contribution in [0.1, 0.15) is 30.3 Å². The van der Waals surface area contributed by atoms with Crippen LogP contribution in [0.5, 0.6) is 0 Å². The van der Waals surface area contributed by atoms with Gasteiger partial charge in [0, 0.05) is 17.8 Å². The van der Waals surface area contributed by atoms with Crippen molar-refractivity contribution in [3.8, 4) is 5.69 Å². The van der Waals surface area contributed by atoms with Crippen molar-refractivity contribution in [2.75, 3.05) is 13.1 Å². The minimum absolute atomic E-state index is 0.00372. The number of benzene rings is 1. The Hall–Kier alpha value is -2.63. The zero-order valence-electron chi connectivity index (χ0n) is 14.4. The van der Waals surface area contributed by atoms with Crippen LogP contribution in [0, 0.1) is 13.8 Å². The number of hydrogen-bond acceptors (Lipinski definition) is 3. The van der Waals surface area contributed by atoms with E-state index in [2.05, 4.69) is 15.7 Å². The standard InChI is InChI=1S/C18H24N4O2/c1-4-10-19-18(24)12-20-17(23)11-16-13(2)21-22(14(16)3)15-8-6-5-7-9-15/h5-9H,4,10-12H2,1-3H3,(H,19,24)(H,20,23). The molecule has 0 saturated heterocycles. The van der Waals surface area contributed by atoms with Crippen LogP contribution in [-0.2, 0) is 16.0 Å². The fraction of sp³-hybridized carbons (Fsp3) is 0.389. The third kappa shape index (κ3) is 4.44. The second-order valence-electron chi connectivity index (χ2n) is 5.70. The normalized spacial score (nSPS) is 10.5. The van der Waals surface area contributed by atoms with Crippen LogP contribution >= 0.6 is 0 Å². The molecule has 2 N–H and O–H groups in total. The fourth-order valence-electron chi connectivity index (χ4n) is 2.48. The van der Waals surface area contributed by atoms with E-state index in [1.54, 1.807) is 0 Å². The third-order valence-corrected chi connectivity index (χ3v) is 3.80. The van der Waals surface area contributed by atoms with E-state index in [1.807, 2.05) is 55.8 Å². The lowest BCUT2D eigenvalue weighted by Crippen LogP contribution is -2.37. The smallest absolute Gasteiger partial charge is 0.239 e. The summed E-state index contributed by atoms with van der Waals surface area (Å²) in [7, 11) is 0. The number of hydrogen-bond donors (Lipinski definition) is 2. The lowest BCUT2D eigenvalue weighted by atomic mass is 10.1. The van der Waals surface area contributed by atoms with Crippen molar-refractivity contribution in [2.24, 2.45) is 0 Å². The highest BCUT2D eigenvalue weighted by atomic mass is 16.2. The van der Waals surface area contributed by atoms with E-state index in [0.29, 0.717) is 6.54 Å². The summed E-state index contributed by atoms with van der Waals surface area (Å²) in [5.41, 5.74) is 3.61. The molecule has 6 heteroatoms. The molecule has 0 bridgehead atoms. The predicted molar refractivity (Wildman–Crippen MR) is 93.1 cm³/mol. The van der Waals surface area contributed by atoms with Crippen molar-refractivity contribution in [1.82, 2.24) is 20.4 Å². The SMILES string of the molecule is CCCNC(=O)CNC(=O)Cc1c(C)nn(-c2ccccc2)c1C. The maximum atomic E-state index is 12.1. The van der Waals surface area contributed by atoms with Gasteiger partial charge in [-0.1, -0.05) is 25.1 Å².